The maximum Gasteiger partial charge on any atom is 0.331 e. The van der Waals surface area contributed by atoms with Crippen molar-refractivity contribution < 1.29 is 94.1 Å². The molecule has 0 radical (unpaired) electrons. The quantitative estimate of drug-likeness (QED) is 0.0637. The lowest BCUT2D eigenvalue weighted by atomic mass is 9.95. The first kappa shape index (κ1) is 43.2. The van der Waals surface area contributed by atoms with Crippen LogP contribution in [-0.2, 0) is 38.0 Å². The number of esters is 1. The van der Waals surface area contributed by atoms with E-state index in [0.29, 0.717) is 11.1 Å². The van der Waals surface area contributed by atoms with E-state index in [1.165, 1.54) is 61.5 Å². The maximum absolute atomic E-state index is 13.1. The summed E-state index contributed by atoms with van der Waals surface area (Å²) in [4.78, 5) is 13.1. The average Bonchev–Trinajstić information content (AvgIpc) is 3.17. The van der Waals surface area contributed by atoms with Crippen LogP contribution in [0.2, 0.25) is 0 Å². The van der Waals surface area contributed by atoms with Crippen LogP contribution in [0.3, 0.4) is 0 Å². The first-order valence-electron chi connectivity index (χ1n) is 17.8. The summed E-state index contributed by atoms with van der Waals surface area (Å²) in [6, 6.07) is 7.86. The monoisotopic (exact) mass is 796 g/mol. The number of phenols is 4. The van der Waals surface area contributed by atoms with Gasteiger partial charge in [0.2, 0.25) is 0 Å². The molecule has 2 aromatic rings. The molecule has 2 aromatic carbocycles. The molecule has 11 N–H and O–H groups in total. The predicted octanol–water partition coefficient (Wildman–Crippen LogP) is -1.30. The lowest BCUT2D eigenvalue weighted by Gasteiger charge is -2.48. The summed E-state index contributed by atoms with van der Waals surface area (Å²) in [7, 11) is 0. The zero-order valence-corrected chi connectivity index (χ0v) is 30.2. The molecule has 15 unspecified atom stereocenters. The Hall–Kier alpha value is -3.93. The number of benzene rings is 2. The molecular weight excluding hydrogens is 748 g/mol. The Balaban J connectivity index is 1.33. The highest BCUT2D eigenvalue weighted by Crippen LogP contribution is 2.34. The summed E-state index contributed by atoms with van der Waals surface area (Å²) in [6.07, 6.45) is -17.7. The van der Waals surface area contributed by atoms with E-state index in [0.717, 1.165) is 6.08 Å². The van der Waals surface area contributed by atoms with Crippen LogP contribution in [0.4, 0.5) is 0 Å². The SMILES string of the molecule is CCC1OC(OC2C(C)OC(OC3C(O)C(OCC=Cc4ccc(O)c(O)c4)OC(CO)C3OC(=O)C=Cc3ccc(O)c(O)c3)C(O)C2O)C(O)C(O)C1O. The van der Waals surface area contributed by atoms with Gasteiger partial charge in [-0.25, -0.2) is 4.79 Å². The number of carbonyl (C=O) groups excluding carboxylic acids is 1. The number of ether oxygens (including phenoxy) is 7. The lowest BCUT2D eigenvalue weighted by molar-refractivity contribution is -0.375. The van der Waals surface area contributed by atoms with Crippen LogP contribution >= 0.6 is 0 Å². The first-order valence-corrected chi connectivity index (χ1v) is 17.8. The highest BCUT2D eigenvalue weighted by atomic mass is 16.8. The zero-order valence-electron chi connectivity index (χ0n) is 30.2. The zero-order chi connectivity index (χ0) is 40.8. The molecule has 0 aliphatic carbocycles. The number of phenolic OH excluding ortho intramolecular Hbond substituents is 4. The minimum absolute atomic E-state index is 0.210. The number of rotatable bonds is 13. The predicted molar refractivity (Wildman–Crippen MR) is 188 cm³/mol. The number of hydrogen-bond acceptors (Lipinski definition) is 19. The van der Waals surface area contributed by atoms with Crippen molar-refractivity contribution >= 4 is 18.1 Å². The fourth-order valence-corrected chi connectivity index (χ4v) is 6.42. The Morgan fingerprint density at radius 1 is 0.661 bits per heavy atom. The minimum atomic E-state index is -1.92. The molecule has 0 amide bonds. The van der Waals surface area contributed by atoms with Gasteiger partial charge in [-0.05, 0) is 54.8 Å². The normalized spacial score (nSPS) is 36.6. The summed E-state index contributed by atoms with van der Waals surface area (Å²) in [5.41, 5.74) is 0.793. The van der Waals surface area contributed by atoms with Crippen molar-refractivity contribution in [2.45, 2.75) is 112 Å². The summed E-state index contributed by atoms with van der Waals surface area (Å²) >= 11 is 0. The molecule has 0 saturated carbocycles. The summed E-state index contributed by atoms with van der Waals surface area (Å²) in [5, 5.41) is 114. The second-order valence-corrected chi connectivity index (χ2v) is 13.5. The van der Waals surface area contributed by atoms with E-state index in [1.54, 1.807) is 6.92 Å². The van der Waals surface area contributed by atoms with Crippen molar-refractivity contribution in [1.29, 1.82) is 0 Å². The van der Waals surface area contributed by atoms with Gasteiger partial charge in [0, 0.05) is 6.08 Å². The van der Waals surface area contributed by atoms with E-state index >= 15 is 0 Å². The van der Waals surface area contributed by atoms with Gasteiger partial charge in [-0.3, -0.25) is 0 Å². The van der Waals surface area contributed by atoms with Crippen molar-refractivity contribution in [3.63, 3.8) is 0 Å². The average molecular weight is 797 g/mol. The van der Waals surface area contributed by atoms with E-state index < -0.39 is 110 Å². The fraction of sp³-hybridized carbons (Fsp3) is 0.541. The van der Waals surface area contributed by atoms with Gasteiger partial charge >= 0.3 is 5.97 Å². The smallest absolute Gasteiger partial charge is 0.331 e. The second kappa shape index (κ2) is 19.0. The van der Waals surface area contributed by atoms with Crippen LogP contribution in [-0.4, -0.2) is 167 Å². The van der Waals surface area contributed by atoms with Gasteiger partial charge in [0.25, 0.3) is 0 Å². The van der Waals surface area contributed by atoms with Crippen LogP contribution in [0.1, 0.15) is 31.4 Å². The lowest BCUT2D eigenvalue weighted by Crippen LogP contribution is -2.66. The van der Waals surface area contributed by atoms with Crippen molar-refractivity contribution in [3.8, 4) is 23.0 Å². The Bertz CT molecular complexity index is 1670. The first-order chi connectivity index (χ1) is 26.6. The number of carbonyl (C=O) groups is 1. The third kappa shape index (κ3) is 9.95. The van der Waals surface area contributed by atoms with Crippen molar-refractivity contribution in [2.24, 2.45) is 0 Å². The topological polar surface area (TPSA) is 304 Å². The van der Waals surface area contributed by atoms with E-state index in [1.807, 2.05) is 0 Å². The van der Waals surface area contributed by atoms with Gasteiger partial charge in [-0.15, -0.1) is 0 Å². The highest BCUT2D eigenvalue weighted by molar-refractivity contribution is 5.87. The second-order valence-electron chi connectivity index (χ2n) is 13.5. The number of aromatic hydroxyl groups is 4. The summed E-state index contributed by atoms with van der Waals surface area (Å²) in [5.74, 6) is -2.53. The molecule has 19 nitrogen and oxygen atoms in total. The third-order valence-corrected chi connectivity index (χ3v) is 9.55. The summed E-state index contributed by atoms with van der Waals surface area (Å²) in [6.45, 7) is 2.10. The molecule has 3 aliphatic heterocycles. The fourth-order valence-electron chi connectivity index (χ4n) is 6.42. The molecule has 19 heteroatoms. The van der Waals surface area contributed by atoms with Gasteiger partial charge in [0.15, 0.2) is 48.0 Å². The van der Waals surface area contributed by atoms with Crippen LogP contribution in [0.25, 0.3) is 12.2 Å². The maximum atomic E-state index is 13.1. The van der Waals surface area contributed by atoms with Crippen molar-refractivity contribution in [3.05, 3.63) is 59.7 Å². The third-order valence-electron chi connectivity index (χ3n) is 9.55. The largest absolute Gasteiger partial charge is 0.504 e. The highest BCUT2D eigenvalue weighted by Gasteiger charge is 2.54. The number of aliphatic hydroxyl groups excluding tert-OH is 7. The molecule has 0 bridgehead atoms. The Morgan fingerprint density at radius 3 is 1.84 bits per heavy atom. The van der Waals surface area contributed by atoms with Crippen molar-refractivity contribution in [2.75, 3.05) is 13.2 Å². The molecule has 5 rings (SSSR count). The molecule has 3 aliphatic rings. The summed E-state index contributed by atoms with van der Waals surface area (Å²) < 4.78 is 40.2. The molecule has 15 atom stereocenters. The van der Waals surface area contributed by atoms with Crippen LogP contribution in [0, 0.1) is 0 Å². The van der Waals surface area contributed by atoms with E-state index in [-0.39, 0.29) is 30.3 Å². The number of hydrogen-bond donors (Lipinski definition) is 11. The molecule has 3 fully saturated rings. The van der Waals surface area contributed by atoms with Gasteiger partial charge in [0.05, 0.1) is 25.4 Å². The molecule has 3 heterocycles. The Morgan fingerprint density at radius 2 is 1.23 bits per heavy atom. The van der Waals surface area contributed by atoms with Crippen LogP contribution in [0.15, 0.2) is 48.6 Å². The van der Waals surface area contributed by atoms with E-state index in [2.05, 4.69) is 0 Å². The molecule has 310 valence electrons. The van der Waals surface area contributed by atoms with Crippen molar-refractivity contribution in [1.82, 2.24) is 0 Å². The molecular formula is C37H48O19. The number of aliphatic hydroxyl groups is 7. The van der Waals surface area contributed by atoms with E-state index in [9.17, 15) is 61.0 Å². The Labute approximate surface area is 320 Å². The molecule has 3 saturated heterocycles. The van der Waals surface area contributed by atoms with Gasteiger partial charge in [0.1, 0.15) is 54.9 Å². The van der Waals surface area contributed by atoms with E-state index in [4.69, 9.17) is 33.2 Å². The minimum Gasteiger partial charge on any atom is -0.504 e. The standard InChI is InChI=1S/C37H48O19/c1-3-23-26(44)27(45)29(47)37(52-23)55-32-16(2)51-36(30(48)28(32)46)56-34-31(49)35(50-12-4-5-17-6-9-19(39)21(41)13-17)53-24(15-38)33(34)54-25(43)11-8-18-7-10-20(40)22(42)14-18/h4-11,13-14,16,23-24,26-42,44-49H,3,12,15H2,1-2H3. The van der Waals surface area contributed by atoms with Crippen LogP contribution < -0.4 is 0 Å². The molecule has 0 aromatic heterocycles. The van der Waals surface area contributed by atoms with Crippen LogP contribution in [0.5, 0.6) is 23.0 Å². The molecule has 56 heavy (non-hydrogen) atoms. The van der Waals surface area contributed by atoms with Gasteiger partial charge in [-0.2, -0.15) is 0 Å². The van der Waals surface area contributed by atoms with Gasteiger partial charge < -0.3 is 89.3 Å². The Kier molecular flexibility index (Phi) is 14.7. The van der Waals surface area contributed by atoms with Gasteiger partial charge in [-0.1, -0.05) is 31.2 Å². The molecule has 0 spiro atoms.